The predicted octanol–water partition coefficient (Wildman–Crippen LogP) is 2.39. The Hall–Kier alpha value is -1.32. The molecule has 2 aliphatic rings. The van der Waals surface area contributed by atoms with Crippen molar-refractivity contribution in [2.24, 2.45) is 5.41 Å². The summed E-state index contributed by atoms with van der Waals surface area (Å²) in [5.74, 6) is 0.425. The Balaban J connectivity index is 1.72. The molecule has 17 heavy (non-hydrogen) atoms. The van der Waals surface area contributed by atoms with Crippen molar-refractivity contribution in [2.75, 3.05) is 13.1 Å². The highest BCUT2D eigenvalue weighted by Crippen LogP contribution is 2.53. The van der Waals surface area contributed by atoms with Crippen molar-refractivity contribution in [1.29, 1.82) is 0 Å². The van der Waals surface area contributed by atoms with E-state index in [2.05, 4.69) is 4.98 Å². The monoisotopic (exact) mass is 234 g/mol. The van der Waals surface area contributed by atoms with E-state index in [0.717, 1.165) is 25.9 Å². The molecule has 2 fully saturated rings. The summed E-state index contributed by atoms with van der Waals surface area (Å²) < 4.78 is 5.19. The first-order valence-electron chi connectivity index (χ1n) is 6.40. The minimum atomic E-state index is 0.0118. The molecule has 1 saturated carbocycles. The molecule has 4 nitrogen and oxygen atoms in total. The Morgan fingerprint density at radius 2 is 2.18 bits per heavy atom. The van der Waals surface area contributed by atoms with Gasteiger partial charge >= 0.3 is 0 Å². The standard InChI is InChI=1S/C13H18N2O2/c1-10-11(17-9-14-10)12(16)15-7-2-3-13(4-5-13)6-8-15/h9H,2-8H2,1H3. The summed E-state index contributed by atoms with van der Waals surface area (Å²) in [6.07, 6.45) is 7.63. The molecule has 3 rings (SSSR count). The first-order chi connectivity index (χ1) is 8.20. The third kappa shape index (κ3) is 1.96. The Morgan fingerprint density at radius 1 is 1.35 bits per heavy atom. The molecule has 0 bridgehead atoms. The van der Waals surface area contributed by atoms with Gasteiger partial charge in [-0.2, -0.15) is 0 Å². The number of aryl methyl sites for hydroxylation is 1. The summed E-state index contributed by atoms with van der Waals surface area (Å²) >= 11 is 0. The number of hydrogen-bond donors (Lipinski definition) is 0. The normalized spacial score (nSPS) is 22.5. The molecule has 2 heterocycles. The Bertz CT molecular complexity index is 434. The molecule has 92 valence electrons. The highest BCUT2D eigenvalue weighted by atomic mass is 16.3. The van der Waals surface area contributed by atoms with Gasteiger partial charge < -0.3 is 9.32 Å². The van der Waals surface area contributed by atoms with Gasteiger partial charge in [0, 0.05) is 13.1 Å². The maximum Gasteiger partial charge on any atom is 0.291 e. The summed E-state index contributed by atoms with van der Waals surface area (Å²) in [5, 5.41) is 0. The number of carbonyl (C=O) groups is 1. The molecule has 0 N–H and O–H groups in total. The largest absolute Gasteiger partial charge is 0.438 e. The van der Waals surface area contributed by atoms with Gasteiger partial charge in [0.2, 0.25) is 5.76 Å². The lowest BCUT2D eigenvalue weighted by molar-refractivity contribution is 0.0726. The van der Waals surface area contributed by atoms with Crippen molar-refractivity contribution in [1.82, 2.24) is 9.88 Å². The van der Waals surface area contributed by atoms with Crippen LogP contribution in [-0.2, 0) is 0 Å². The van der Waals surface area contributed by atoms with Crippen LogP contribution >= 0.6 is 0 Å². The first-order valence-corrected chi connectivity index (χ1v) is 6.40. The molecule has 1 aromatic rings. The lowest BCUT2D eigenvalue weighted by Gasteiger charge is -2.19. The molecule has 1 spiro atoms. The molecule has 1 amide bonds. The van der Waals surface area contributed by atoms with Crippen LogP contribution < -0.4 is 0 Å². The van der Waals surface area contributed by atoms with Crippen molar-refractivity contribution >= 4 is 5.91 Å². The average Bonchev–Trinajstić information content (AvgIpc) is 3.03. The summed E-state index contributed by atoms with van der Waals surface area (Å²) in [5.41, 5.74) is 1.28. The lowest BCUT2D eigenvalue weighted by atomic mass is 9.98. The van der Waals surface area contributed by atoms with Crippen LogP contribution in [-0.4, -0.2) is 28.9 Å². The Labute approximate surface area is 101 Å². The average molecular weight is 234 g/mol. The molecule has 4 heteroatoms. The van der Waals surface area contributed by atoms with Crippen molar-refractivity contribution in [3.8, 4) is 0 Å². The van der Waals surface area contributed by atoms with Crippen LogP contribution in [0.2, 0.25) is 0 Å². The fraction of sp³-hybridized carbons (Fsp3) is 0.692. The predicted molar refractivity (Wildman–Crippen MR) is 62.7 cm³/mol. The van der Waals surface area contributed by atoms with E-state index in [0.29, 0.717) is 16.9 Å². The Morgan fingerprint density at radius 3 is 2.82 bits per heavy atom. The van der Waals surface area contributed by atoms with Gasteiger partial charge in [-0.3, -0.25) is 4.79 Å². The fourth-order valence-electron chi connectivity index (χ4n) is 2.78. The Kier molecular flexibility index (Phi) is 2.45. The minimum absolute atomic E-state index is 0.0118. The smallest absolute Gasteiger partial charge is 0.291 e. The van der Waals surface area contributed by atoms with Crippen LogP contribution in [0.1, 0.15) is 48.4 Å². The molecule has 0 aromatic carbocycles. The second kappa shape index (κ2) is 3.86. The maximum absolute atomic E-state index is 12.3. The molecule has 1 aliphatic heterocycles. The zero-order valence-electron chi connectivity index (χ0n) is 10.2. The van der Waals surface area contributed by atoms with Gasteiger partial charge in [0.25, 0.3) is 5.91 Å². The zero-order chi connectivity index (χ0) is 11.9. The van der Waals surface area contributed by atoms with Crippen molar-refractivity contribution in [2.45, 2.75) is 39.0 Å². The van der Waals surface area contributed by atoms with Gasteiger partial charge in [-0.05, 0) is 44.4 Å². The van der Waals surface area contributed by atoms with E-state index in [9.17, 15) is 4.79 Å². The van der Waals surface area contributed by atoms with Crippen LogP contribution in [0, 0.1) is 12.3 Å². The third-order valence-electron chi connectivity index (χ3n) is 4.23. The van der Waals surface area contributed by atoms with Gasteiger partial charge in [-0.15, -0.1) is 0 Å². The number of nitrogens with zero attached hydrogens (tertiary/aromatic N) is 2. The van der Waals surface area contributed by atoms with Crippen molar-refractivity contribution < 1.29 is 9.21 Å². The molecule has 0 radical (unpaired) electrons. The maximum atomic E-state index is 12.3. The third-order valence-corrected chi connectivity index (χ3v) is 4.23. The second-order valence-corrected chi connectivity index (χ2v) is 5.41. The highest BCUT2D eigenvalue weighted by molar-refractivity contribution is 5.92. The van der Waals surface area contributed by atoms with Crippen molar-refractivity contribution in [3.05, 3.63) is 17.8 Å². The SMILES string of the molecule is Cc1ncoc1C(=O)N1CCCC2(CC1)CC2. The van der Waals surface area contributed by atoms with Crippen LogP contribution in [0.15, 0.2) is 10.8 Å². The number of carbonyl (C=O) groups excluding carboxylic acids is 1. The topological polar surface area (TPSA) is 46.3 Å². The fourth-order valence-corrected chi connectivity index (χ4v) is 2.78. The second-order valence-electron chi connectivity index (χ2n) is 5.41. The quantitative estimate of drug-likeness (QED) is 0.749. The van der Waals surface area contributed by atoms with Crippen LogP contribution in [0.5, 0.6) is 0 Å². The minimum Gasteiger partial charge on any atom is -0.438 e. The van der Waals surface area contributed by atoms with Crippen molar-refractivity contribution in [3.63, 3.8) is 0 Å². The van der Waals surface area contributed by atoms with E-state index in [1.165, 1.54) is 25.7 Å². The van der Waals surface area contributed by atoms with Gasteiger partial charge in [-0.1, -0.05) is 0 Å². The van der Waals surface area contributed by atoms with E-state index in [-0.39, 0.29) is 5.91 Å². The van der Waals surface area contributed by atoms with E-state index in [4.69, 9.17) is 4.42 Å². The number of oxazole rings is 1. The van der Waals surface area contributed by atoms with Gasteiger partial charge in [-0.25, -0.2) is 4.98 Å². The summed E-state index contributed by atoms with van der Waals surface area (Å²) in [6, 6.07) is 0. The molecule has 1 saturated heterocycles. The number of hydrogen-bond acceptors (Lipinski definition) is 3. The van der Waals surface area contributed by atoms with Gasteiger partial charge in [0.15, 0.2) is 6.39 Å². The summed E-state index contributed by atoms with van der Waals surface area (Å²) in [4.78, 5) is 18.2. The van der Waals surface area contributed by atoms with E-state index in [1.54, 1.807) is 0 Å². The molecule has 1 aliphatic carbocycles. The van der Waals surface area contributed by atoms with Gasteiger partial charge in [0.1, 0.15) is 0 Å². The zero-order valence-corrected chi connectivity index (χ0v) is 10.2. The molecule has 0 atom stereocenters. The number of aromatic nitrogens is 1. The summed E-state index contributed by atoms with van der Waals surface area (Å²) in [6.45, 7) is 3.55. The van der Waals surface area contributed by atoms with Crippen LogP contribution in [0.3, 0.4) is 0 Å². The van der Waals surface area contributed by atoms with E-state index in [1.807, 2.05) is 11.8 Å². The number of rotatable bonds is 1. The van der Waals surface area contributed by atoms with Crippen LogP contribution in [0.25, 0.3) is 0 Å². The number of likely N-dealkylation sites (tertiary alicyclic amines) is 1. The molecular formula is C13H18N2O2. The first kappa shape index (κ1) is 10.8. The van der Waals surface area contributed by atoms with Crippen LogP contribution in [0.4, 0.5) is 0 Å². The molecular weight excluding hydrogens is 216 g/mol. The molecule has 1 aromatic heterocycles. The van der Waals surface area contributed by atoms with E-state index >= 15 is 0 Å². The highest BCUT2D eigenvalue weighted by Gasteiger charge is 2.43. The van der Waals surface area contributed by atoms with Gasteiger partial charge in [0.05, 0.1) is 5.69 Å². The summed E-state index contributed by atoms with van der Waals surface area (Å²) in [7, 11) is 0. The number of amides is 1. The molecule has 0 unspecified atom stereocenters. The van der Waals surface area contributed by atoms with E-state index < -0.39 is 0 Å². The lowest BCUT2D eigenvalue weighted by Crippen LogP contribution is -2.32.